The van der Waals surface area contributed by atoms with Crippen molar-refractivity contribution in [2.24, 2.45) is 5.73 Å². The number of aromatic nitrogens is 6. The molecule has 0 saturated heterocycles. The Kier molecular flexibility index (Phi) is 4.42. The van der Waals surface area contributed by atoms with Gasteiger partial charge in [-0.2, -0.15) is 5.10 Å². The summed E-state index contributed by atoms with van der Waals surface area (Å²) in [5.41, 5.74) is 7.53. The summed E-state index contributed by atoms with van der Waals surface area (Å²) in [6.45, 7) is 1.86. The normalized spacial score (nSPS) is 20.3. The summed E-state index contributed by atoms with van der Waals surface area (Å²) >= 11 is 0. The molecule has 1 aliphatic carbocycles. The number of aryl methyl sites for hydroxylation is 1. The number of nitrogens with zero attached hydrogens (tertiary/aromatic N) is 6. The van der Waals surface area contributed by atoms with Crippen LogP contribution in [0.3, 0.4) is 0 Å². The molecular weight excluding hydrogens is 330 g/mol. The Morgan fingerprint density at radius 3 is 2.69 bits per heavy atom. The van der Waals surface area contributed by atoms with E-state index in [1.165, 1.54) is 0 Å². The lowest BCUT2D eigenvalue weighted by Crippen LogP contribution is -2.28. The van der Waals surface area contributed by atoms with Crippen LogP contribution in [0.2, 0.25) is 0 Å². The van der Waals surface area contributed by atoms with E-state index in [1.807, 2.05) is 42.1 Å². The zero-order chi connectivity index (χ0) is 18.1. The smallest absolute Gasteiger partial charge is 0.185 e. The van der Waals surface area contributed by atoms with E-state index in [4.69, 9.17) is 10.5 Å². The Morgan fingerprint density at radius 1 is 1.15 bits per heavy atom. The van der Waals surface area contributed by atoms with Crippen molar-refractivity contribution in [3.05, 3.63) is 36.3 Å². The summed E-state index contributed by atoms with van der Waals surface area (Å²) in [4.78, 5) is 4.56. The zero-order valence-electron chi connectivity index (χ0n) is 15.0. The molecule has 0 atom stereocenters. The van der Waals surface area contributed by atoms with Gasteiger partial charge in [0, 0.05) is 6.04 Å². The molecule has 0 unspecified atom stereocenters. The Morgan fingerprint density at radius 2 is 1.92 bits per heavy atom. The van der Waals surface area contributed by atoms with Crippen molar-refractivity contribution in [3.8, 4) is 23.0 Å². The summed E-state index contributed by atoms with van der Waals surface area (Å²) in [5, 5.41) is 13.2. The van der Waals surface area contributed by atoms with Crippen LogP contribution in [0, 0.1) is 6.92 Å². The summed E-state index contributed by atoms with van der Waals surface area (Å²) in [7, 11) is 1.65. The molecule has 0 spiro atoms. The topological polar surface area (TPSA) is 96.7 Å². The van der Waals surface area contributed by atoms with Crippen molar-refractivity contribution < 1.29 is 4.74 Å². The molecule has 0 radical (unpaired) electrons. The summed E-state index contributed by atoms with van der Waals surface area (Å²) in [6.07, 6.45) is 6.06. The molecule has 26 heavy (non-hydrogen) atoms. The highest BCUT2D eigenvalue weighted by atomic mass is 16.5. The lowest BCUT2D eigenvalue weighted by molar-refractivity contribution is 0.300. The number of para-hydroxylation sites is 2. The van der Waals surface area contributed by atoms with E-state index in [0.717, 1.165) is 37.1 Å². The van der Waals surface area contributed by atoms with Crippen LogP contribution in [0.15, 0.2) is 30.5 Å². The summed E-state index contributed by atoms with van der Waals surface area (Å²) in [6, 6.07) is 8.38. The van der Waals surface area contributed by atoms with E-state index in [9.17, 15) is 0 Å². The first-order valence-electron chi connectivity index (χ1n) is 8.90. The quantitative estimate of drug-likeness (QED) is 0.773. The van der Waals surface area contributed by atoms with Crippen LogP contribution in [-0.4, -0.2) is 42.9 Å². The SMILES string of the molecule is COc1ccccc1-n1nc(C)nc1-c1cn(C2CCC(N)CC2)nn1. The Hall–Kier alpha value is -2.74. The maximum atomic E-state index is 6.01. The maximum Gasteiger partial charge on any atom is 0.185 e. The van der Waals surface area contributed by atoms with Gasteiger partial charge in [-0.05, 0) is 44.7 Å². The average Bonchev–Trinajstić information content (AvgIpc) is 3.29. The van der Waals surface area contributed by atoms with Crippen LogP contribution in [0.1, 0.15) is 37.5 Å². The predicted molar refractivity (Wildman–Crippen MR) is 97.1 cm³/mol. The standard InChI is InChI=1S/C18H23N7O/c1-12-20-18(25(22-12)16-5-3-4-6-17(16)26-2)15-11-24(23-21-15)14-9-7-13(19)8-10-14/h3-6,11,13-14H,7-10,19H2,1-2H3. The van der Waals surface area contributed by atoms with Gasteiger partial charge in [0.05, 0.1) is 19.3 Å². The fourth-order valence-corrected chi connectivity index (χ4v) is 3.48. The van der Waals surface area contributed by atoms with Crippen molar-refractivity contribution in [1.82, 2.24) is 29.8 Å². The van der Waals surface area contributed by atoms with Crippen LogP contribution >= 0.6 is 0 Å². The molecule has 0 aliphatic heterocycles. The van der Waals surface area contributed by atoms with Gasteiger partial charge < -0.3 is 10.5 Å². The lowest BCUT2D eigenvalue weighted by Gasteiger charge is -2.25. The Labute approximate surface area is 152 Å². The largest absolute Gasteiger partial charge is 0.494 e. The minimum Gasteiger partial charge on any atom is -0.494 e. The number of nitrogens with two attached hydrogens (primary N) is 1. The lowest BCUT2D eigenvalue weighted by atomic mass is 9.92. The Balaban J connectivity index is 1.69. The van der Waals surface area contributed by atoms with Gasteiger partial charge in [-0.25, -0.2) is 14.3 Å². The van der Waals surface area contributed by atoms with Crippen LogP contribution in [0.25, 0.3) is 17.2 Å². The number of hydrogen-bond acceptors (Lipinski definition) is 6. The molecule has 2 aromatic heterocycles. The van der Waals surface area contributed by atoms with Gasteiger partial charge >= 0.3 is 0 Å². The predicted octanol–water partition coefficient (Wildman–Crippen LogP) is 2.29. The number of benzene rings is 1. The minimum absolute atomic E-state index is 0.311. The molecule has 3 aromatic rings. The zero-order valence-corrected chi connectivity index (χ0v) is 15.0. The fraction of sp³-hybridized carbons (Fsp3) is 0.444. The molecule has 4 rings (SSSR count). The van der Waals surface area contributed by atoms with E-state index >= 15 is 0 Å². The van der Waals surface area contributed by atoms with Gasteiger partial charge in [0.1, 0.15) is 23.0 Å². The number of rotatable bonds is 4. The van der Waals surface area contributed by atoms with Crippen LogP contribution in [0.5, 0.6) is 5.75 Å². The summed E-state index contributed by atoms with van der Waals surface area (Å²) in [5.74, 6) is 2.06. The minimum atomic E-state index is 0.311. The van der Waals surface area contributed by atoms with Crippen molar-refractivity contribution in [3.63, 3.8) is 0 Å². The highest BCUT2D eigenvalue weighted by Crippen LogP contribution is 2.29. The summed E-state index contributed by atoms with van der Waals surface area (Å²) < 4.78 is 9.17. The highest BCUT2D eigenvalue weighted by molar-refractivity contribution is 5.55. The van der Waals surface area contributed by atoms with Crippen molar-refractivity contribution in [2.45, 2.75) is 44.7 Å². The van der Waals surface area contributed by atoms with Crippen molar-refractivity contribution >= 4 is 0 Å². The first kappa shape index (κ1) is 16.7. The molecule has 1 fully saturated rings. The maximum absolute atomic E-state index is 6.01. The molecule has 8 nitrogen and oxygen atoms in total. The molecule has 0 amide bonds. The third kappa shape index (κ3) is 3.08. The number of methoxy groups -OCH3 is 1. The molecule has 136 valence electrons. The molecular formula is C18H23N7O. The second-order valence-electron chi connectivity index (χ2n) is 6.72. The van der Waals surface area contributed by atoms with Gasteiger partial charge in [0.2, 0.25) is 0 Å². The van der Waals surface area contributed by atoms with Gasteiger partial charge in [0.15, 0.2) is 5.82 Å². The third-order valence-corrected chi connectivity index (χ3v) is 4.88. The molecule has 0 bridgehead atoms. The highest BCUT2D eigenvalue weighted by Gasteiger charge is 2.23. The second kappa shape index (κ2) is 6.87. The van der Waals surface area contributed by atoms with E-state index < -0.39 is 0 Å². The number of hydrogen-bond donors (Lipinski definition) is 1. The van der Waals surface area contributed by atoms with Gasteiger partial charge in [0.25, 0.3) is 0 Å². The fourth-order valence-electron chi connectivity index (χ4n) is 3.48. The van der Waals surface area contributed by atoms with E-state index in [0.29, 0.717) is 29.4 Å². The average molecular weight is 353 g/mol. The van der Waals surface area contributed by atoms with Gasteiger partial charge in [-0.1, -0.05) is 17.3 Å². The van der Waals surface area contributed by atoms with Crippen LogP contribution < -0.4 is 10.5 Å². The van der Waals surface area contributed by atoms with Crippen LogP contribution in [-0.2, 0) is 0 Å². The molecule has 2 heterocycles. The monoisotopic (exact) mass is 353 g/mol. The molecule has 8 heteroatoms. The number of ether oxygens (including phenoxy) is 1. The molecule has 1 aromatic carbocycles. The van der Waals surface area contributed by atoms with E-state index in [-0.39, 0.29) is 0 Å². The first-order valence-corrected chi connectivity index (χ1v) is 8.90. The first-order chi connectivity index (χ1) is 12.7. The molecule has 1 aliphatic rings. The second-order valence-corrected chi connectivity index (χ2v) is 6.72. The Bertz CT molecular complexity index is 893. The van der Waals surface area contributed by atoms with Gasteiger partial charge in [-0.3, -0.25) is 0 Å². The van der Waals surface area contributed by atoms with Crippen molar-refractivity contribution in [1.29, 1.82) is 0 Å². The third-order valence-electron chi connectivity index (χ3n) is 4.88. The molecule has 1 saturated carbocycles. The van der Waals surface area contributed by atoms with Crippen LogP contribution in [0.4, 0.5) is 0 Å². The van der Waals surface area contributed by atoms with E-state index in [1.54, 1.807) is 11.8 Å². The molecule has 2 N–H and O–H groups in total. The van der Waals surface area contributed by atoms with Crippen molar-refractivity contribution in [2.75, 3.05) is 7.11 Å². The van der Waals surface area contributed by atoms with E-state index in [2.05, 4.69) is 20.4 Å². The van der Waals surface area contributed by atoms with Gasteiger partial charge in [-0.15, -0.1) is 5.10 Å².